The first-order valence-corrected chi connectivity index (χ1v) is 10.1. The number of aromatic nitrogens is 2. The molecule has 0 radical (unpaired) electrons. The van der Waals surface area contributed by atoms with Gasteiger partial charge in [0.05, 0.1) is 29.5 Å². The quantitative estimate of drug-likeness (QED) is 0.747. The molecule has 0 saturated carbocycles. The average Bonchev–Trinajstić information content (AvgIpc) is 3.14. The monoisotopic (exact) mass is 388 g/mol. The highest BCUT2D eigenvalue weighted by molar-refractivity contribution is 6.07. The van der Waals surface area contributed by atoms with E-state index in [0.29, 0.717) is 11.6 Å². The molecule has 29 heavy (non-hydrogen) atoms. The SMILES string of the molecule is C[C@@H]1CN2C[C@H](NC(=O)c3cc(-c4cccnc4)nc4ccccc34)C[C@H]2CO1. The van der Waals surface area contributed by atoms with E-state index in [2.05, 4.69) is 22.1 Å². The highest BCUT2D eigenvalue weighted by Crippen LogP contribution is 2.26. The zero-order valence-corrected chi connectivity index (χ0v) is 16.4. The van der Waals surface area contributed by atoms with Gasteiger partial charge in [-0.2, -0.15) is 0 Å². The van der Waals surface area contributed by atoms with Crippen molar-refractivity contribution in [2.75, 3.05) is 19.7 Å². The van der Waals surface area contributed by atoms with Crippen LogP contribution in [-0.4, -0.2) is 58.7 Å². The van der Waals surface area contributed by atoms with Gasteiger partial charge in [-0.25, -0.2) is 4.98 Å². The summed E-state index contributed by atoms with van der Waals surface area (Å²) in [4.78, 5) is 24.6. The van der Waals surface area contributed by atoms with Crippen LogP contribution in [0.15, 0.2) is 54.9 Å². The van der Waals surface area contributed by atoms with Gasteiger partial charge in [0.15, 0.2) is 0 Å². The lowest BCUT2D eigenvalue weighted by atomic mass is 10.0. The van der Waals surface area contributed by atoms with E-state index in [9.17, 15) is 4.79 Å². The molecule has 0 bridgehead atoms. The van der Waals surface area contributed by atoms with Gasteiger partial charge in [0, 0.05) is 48.5 Å². The van der Waals surface area contributed by atoms with Crippen LogP contribution in [0.2, 0.25) is 0 Å². The highest BCUT2D eigenvalue weighted by Gasteiger charge is 2.37. The molecular formula is C23H24N4O2. The molecule has 4 heterocycles. The summed E-state index contributed by atoms with van der Waals surface area (Å²) < 4.78 is 5.78. The van der Waals surface area contributed by atoms with E-state index in [1.807, 2.05) is 42.5 Å². The molecule has 3 atom stereocenters. The number of pyridine rings is 2. The second kappa shape index (κ2) is 7.54. The van der Waals surface area contributed by atoms with Crippen molar-refractivity contribution >= 4 is 16.8 Å². The van der Waals surface area contributed by atoms with Gasteiger partial charge < -0.3 is 10.1 Å². The number of hydrogen-bond acceptors (Lipinski definition) is 5. The lowest BCUT2D eigenvalue weighted by Crippen LogP contribution is -2.45. The van der Waals surface area contributed by atoms with Crippen LogP contribution in [-0.2, 0) is 4.74 Å². The van der Waals surface area contributed by atoms with Crippen LogP contribution in [0, 0.1) is 0 Å². The Hall–Kier alpha value is -2.83. The van der Waals surface area contributed by atoms with Crippen LogP contribution in [0.3, 0.4) is 0 Å². The van der Waals surface area contributed by atoms with E-state index in [1.165, 1.54) is 0 Å². The van der Waals surface area contributed by atoms with Crippen molar-refractivity contribution in [1.29, 1.82) is 0 Å². The maximum Gasteiger partial charge on any atom is 0.252 e. The highest BCUT2D eigenvalue weighted by atomic mass is 16.5. The zero-order chi connectivity index (χ0) is 19.8. The molecule has 1 aromatic carbocycles. The fourth-order valence-corrected chi connectivity index (χ4v) is 4.43. The van der Waals surface area contributed by atoms with Crippen LogP contribution in [0.4, 0.5) is 0 Å². The van der Waals surface area contributed by atoms with Gasteiger partial charge in [-0.15, -0.1) is 0 Å². The van der Waals surface area contributed by atoms with Crippen LogP contribution in [0.5, 0.6) is 0 Å². The number of para-hydroxylation sites is 1. The van der Waals surface area contributed by atoms with Gasteiger partial charge in [0.2, 0.25) is 0 Å². The molecule has 6 heteroatoms. The van der Waals surface area contributed by atoms with Crippen molar-refractivity contribution in [2.24, 2.45) is 0 Å². The summed E-state index contributed by atoms with van der Waals surface area (Å²) in [5.41, 5.74) is 3.12. The normalized spacial score (nSPS) is 24.4. The summed E-state index contributed by atoms with van der Waals surface area (Å²) in [7, 11) is 0. The second-order valence-corrected chi connectivity index (χ2v) is 7.97. The second-order valence-electron chi connectivity index (χ2n) is 7.97. The third-order valence-electron chi connectivity index (χ3n) is 5.85. The lowest BCUT2D eigenvalue weighted by Gasteiger charge is -2.33. The molecule has 1 amide bonds. The molecule has 1 N–H and O–H groups in total. The number of rotatable bonds is 3. The first-order valence-electron chi connectivity index (χ1n) is 10.1. The van der Waals surface area contributed by atoms with Crippen molar-refractivity contribution in [3.8, 4) is 11.3 Å². The molecular weight excluding hydrogens is 364 g/mol. The number of ether oxygens (including phenoxy) is 1. The van der Waals surface area contributed by atoms with E-state index in [-0.39, 0.29) is 18.1 Å². The first kappa shape index (κ1) is 18.2. The van der Waals surface area contributed by atoms with Crippen LogP contribution >= 0.6 is 0 Å². The summed E-state index contributed by atoms with van der Waals surface area (Å²) in [5, 5.41) is 4.12. The predicted octanol–water partition coefficient (Wildman–Crippen LogP) is 2.89. The smallest absolute Gasteiger partial charge is 0.252 e. The minimum atomic E-state index is -0.0486. The molecule has 0 aliphatic carbocycles. The Morgan fingerprint density at radius 3 is 2.97 bits per heavy atom. The van der Waals surface area contributed by atoms with Gasteiger partial charge in [0.1, 0.15) is 0 Å². The molecule has 2 aliphatic heterocycles. The molecule has 2 fully saturated rings. The average molecular weight is 388 g/mol. The number of benzene rings is 1. The van der Waals surface area contributed by atoms with Crippen LogP contribution in [0.25, 0.3) is 22.2 Å². The van der Waals surface area contributed by atoms with Gasteiger partial charge >= 0.3 is 0 Å². The molecule has 0 unspecified atom stereocenters. The van der Waals surface area contributed by atoms with E-state index >= 15 is 0 Å². The molecule has 148 valence electrons. The Morgan fingerprint density at radius 1 is 1.21 bits per heavy atom. The molecule has 0 spiro atoms. The fraction of sp³-hybridized carbons (Fsp3) is 0.348. The van der Waals surface area contributed by atoms with Gasteiger partial charge in [-0.05, 0) is 37.6 Å². The number of fused-ring (bicyclic) bond motifs is 2. The number of nitrogens with one attached hydrogen (secondary N) is 1. The lowest BCUT2D eigenvalue weighted by molar-refractivity contribution is -0.0390. The Balaban J connectivity index is 1.44. The van der Waals surface area contributed by atoms with Gasteiger partial charge in [0.25, 0.3) is 5.91 Å². The van der Waals surface area contributed by atoms with Crippen LogP contribution in [0.1, 0.15) is 23.7 Å². The number of morpholine rings is 1. The molecule has 2 aromatic heterocycles. The molecule has 3 aromatic rings. The summed E-state index contributed by atoms with van der Waals surface area (Å²) in [6.45, 7) is 4.66. The van der Waals surface area contributed by atoms with E-state index < -0.39 is 0 Å². The molecule has 2 aliphatic rings. The van der Waals surface area contributed by atoms with Gasteiger partial charge in [-0.1, -0.05) is 18.2 Å². The Bertz CT molecular complexity index is 1040. The minimum Gasteiger partial charge on any atom is -0.376 e. The fourth-order valence-electron chi connectivity index (χ4n) is 4.43. The van der Waals surface area contributed by atoms with Gasteiger partial charge in [-0.3, -0.25) is 14.7 Å². The third kappa shape index (κ3) is 3.61. The summed E-state index contributed by atoms with van der Waals surface area (Å²) in [6, 6.07) is 14.0. The minimum absolute atomic E-state index is 0.0486. The Kier molecular flexibility index (Phi) is 4.73. The largest absolute Gasteiger partial charge is 0.376 e. The van der Waals surface area contributed by atoms with E-state index in [0.717, 1.165) is 48.3 Å². The summed E-state index contributed by atoms with van der Waals surface area (Å²) in [5.74, 6) is -0.0486. The standard InChI is InChI=1S/C23H24N4O2/c1-15-12-27-13-17(9-18(27)14-29-15)25-23(28)20-10-22(16-5-4-8-24-11-16)26-21-7-3-2-6-19(20)21/h2-8,10-11,15,17-18H,9,12-14H2,1H3,(H,25,28)/t15-,17-,18+/m1/s1. The zero-order valence-electron chi connectivity index (χ0n) is 16.4. The first-order chi connectivity index (χ1) is 14.2. The summed E-state index contributed by atoms with van der Waals surface area (Å²) in [6.07, 6.45) is 4.69. The van der Waals surface area contributed by atoms with Crippen molar-refractivity contribution in [3.63, 3.8) is 0 Å². The maximum atomic E-state index is 13.3. The number of hydrogen-bond donors (Lipinski definition) is 1. The topological polar surface area (TPSA) is 67.4 Å². The van der Waals surface area contributed by atoms with Crippen LogP contribution < -0.4 is 5.32 Å². The van der Waals surface area contributed by atoms with Crippen molar-refractivity contribution in [2.45, 2.75) is 31.5 Å². The summed E-state index contributed by atoms with van der Waals surface area (Å²) >= 11 is 0. The Morgan fingerprint density at radius 2 is 2.10 bits per heavy atom. The van der Waals surface area contributed by atoms with Crippen molar-refractivity contribution in [1.82, 2.24) is 20.2 Å². The van der Waals surface area contributed by atoms with E-state index in [4.69, 9.17) is 9.72 Å². The Labute approximate surface area is 169 Å². The maximum absolute atomic E-state index is 13.3. The molecule has 5 rings (SSSR count). The predicted molar refractivity (Wildman–Crippen MR) is 112 cm³/mol. The number of carbonyl (C=O) groups is 1. The number of nitrogens with zero attached hydrogens (tertiary/aromatic N) is 3. The molecule has 6 nitrogen and oxygen atoms in total. The van der Waals surface area contributed by atoms with Crippen molar-refractivity contribution in [3.05, 3.63) is 60.4 Å². The number of amides is 1. The number of carbonyl (C=O) groups excluding carboxylic acids is 1. The van der Waals surface area contributed by atoms with Crippen molar-refractivity contribution < 1.29 is 9.53 Å². The van der Waals surface area contributed by atoms with E-state index in [1.54, 1.807) is 12.4 Å². The molecule has 2 saturated heterocycles. The third-order valence-corrected chi connectivity index (χ3v) is 5.85.